The summed E-state index contributed by atoms with van der Waals surface area (Å²) in [6, 6.07) is 13.0. The lowest BCUT2D eigenvalue weighted by Crippen LogP contribution is -2.20. The van der Waals surface area contributed by atoms with Crippen molar-refractivity contribution in [2.45, 2.75) is 12.5 Å². The highest BCUT2D eigenvalue weighted by Gasteiger charge is 2.30. The molecule has 2 heterocycles. The molecule has 140 valence electrons. The van der Waals surface area contributed by atoms with Crippen LogP contribution in [0.15, 0.2) is 65.3 Å². The molecule has 8 heteroatoms. The quantitative estimate of drug-likeness (QED) is 0.290. The minimum atomic E-state index is -0.688. The van der Waals surface area contributed by atoms with Gasteiger partial charge in [-0.25, -0.2) is 4.79 Å². The highest BCUT2D eigenvalue weighted by atomic mass is 16.6. The lowest BCUT2D eigenvalue weighted by molar-refractivity contribution is -0.384. The lowest BCUT2D eigenvalue weighted by atomic mass is 9.99. The van der Waals surface area contributed by atoms with E-state index in [0.29, 0.717) is 17.1 Å². The smallest absolute Gasteiger partial charge is 0.343 e. The van der Waals surface area contributed by atoms with E-state index in [-0.39, 0.29) is 29.2 Å². The number of esters is 1. The molecule has 4 rings (SSSR count). The molecule has 0 radical (unpaired) electrons. The van der Waals surface area contributed by atoms with E-state index >= 15 is 0 Å². The van der Waals surface area contributed by atoms with Gasteiger partial charge in [-0.1, -0.05) is 0 Å². The fraction of sp³-hybridized carbons (Fsp3) is 0.100. The highest BCUT2D eigenvalue weighted by Crippen LogP contribution is 2.37. The molecule has 0 amide bonds. The molecule has 3 aromatic rings. The number of hydrogen-bond donors (Lipinski definition) is 0. The van der Waals surface area contributed by atoms with E-state index in [0.717, 1.165) is 0 Å². The fourth-order valence-electron chi connectivity index (χ4n) is 2.88. The minimum absolute atomic E-state index is 0.111. The number of carbonyl (C=O) groups is 2. The Bertz CT molecular complexity index is 1050. The van der Waals surface area contributed by atoms with E-state index in [1.807, 2.05) is 0 Å². The van der Waals surface area contributed by atoms with Crippen molar-refractivity contribution in [3.05, 3.63) is 87.9 Å². The molecule has 0 bridgehead atoms. The zero-order valence-corrected chi connectivity index (χ0v) is 14.4. The predicted octanol–water partition coefficient (Wildman–Crippen LogP) is 4.11. The largest absolute Gasteiger partial charge is 0.481 e. The van der Waals surface area contributed by atoms with Crippen LogP contribution in [-0.2, 0) is 0 Å². The Morgan fingerprint density at radius 3 is 2.61 bits per heavy atom. The van der Waals surface area contributed by atoms with E-state index in [4.69, 9.17) is 13.9 Å². The second-order valence-corrected chi connectivity index (χ2v) is 6.10. The number of ether oxygens (including phenoxy) is 2. The monoisotopic (exact) mass is 379 g/mol. The Morgan fingerprint density at radius 1 is 1.14 bits per heavy atom. The first-order chi connectivity index (χ1) is 13.5. The molecule has 0 fully saturated rings. The average Bonchev–Trinajstić information content (AvgIpc) is 3.23. The van der Waals surface area contributed by atoms with Gasteiger partial charge >= 0.3 is 5.97 Å². The van der Waals surface area contributed by atoms with Crippen LogP contribution in [0, 0.1) is 10.1 Å². The molecular weight excluding hydrogens is 366 g/mol. The molecule has 1 atom stereocenters. The van der Waals surface area contributed by atoms with Gasteiger partial charge in [0.05, 0.1) is 28.7 Å². The normalized spacial score (nSPS) is 15.4. The third-order valence-corrected chi connectivity index (χ3v) is 4.28. The van der Waals surface area contributed by atoms with Crippen LogP contribution in [0.2, 0.25) is 0 Å². The SMILES string of the molecule is O=C(Oc1ccc2c(c1)C(=O)CC(c1ccco1)O2)c1ccc([N+](=O)[O-])cc1. The van der Waals surface area contributed by atoms with Gasteiger partial charge in [-0.2, -0.15) is 0 Å². The number of furan rings is 1. The van der Waals surface area contributed by atoms with Crippen LogP contribution in [0.5, 0.6) is 11.5 Å². The molecule has 0 saturated heterocycles. The number of nitro groups is 1. The van der Waals surface area contributed by atoms with Crippen molar-refractivity contribution in [2.75, 3.05) is 0 Å². The molecule has 1 aliphatic rings. The van der Waals surface area contributed by atoms with Gasteiger partial charge in [0, 0.05) is 12.1 Å². The van der Waals surface area contributed by atoms with Crippen molar-refractivity contribution < 1.29 is 28.4 Å². The van der Waals surface area contributed by atoms with E-state index in [1.165, 1.54) is 42.7 Å². The first kappa shape index (κ1) is 17.5. The van der Waals surface area contributed by atoms with Crippen molar-refractivity contribution in [2.24, 2.45) is 0 Å². The number of fused-ring (bicyclic) bond motifs is 1. The van der Waals surface area contributed by atoms with Gasteiger partial charge in [0.2, 0.25) is 0 Å². The first-order valence-corrected chi connectivity index (χ1v) is 8.35. The number of non-ortho nitro benzene ring substituents is 1. The maximum atomic E-state index is 12.5. The predicted molar refractivity (Wildman–Crippen MR) is 95.5 cm³/mol. The number of rotatable bonds is 4. The molecule has 2 aromatic carbocycles. The van der Waals surface area contributed by atoms with Gasteiger partial charge in [-0.05, 0) is 42.5 Å². The van der Waals surface area contributed by atoms with Crippen LogP contribution in [0.1, 0.15) is 39.0 Å². The maximum Gasteiger partial charge on any atom is 0.343 e. The van der Waals surface area contributed by atoms with E-state index in [2.05, 4.69) is 0 Å². The Balaban J connectivity index is 1.51. The highest BCUT2D eigenvalue weighted by molar-refractivity contribution is 6.00. The van der Waals surface area contributed by atoms with E-state index in [1.54, 1.807) is 18.2 Å². The van der Waals surface area contributed by atoms with E-state index in [9.17, 15) is 19.7 Å². The molecule has 1 aliphatic heterocycles. The summed E-state index contributed by atoms with van der Waals surface area (Å²) in [6.45, 7) is 0. The molecule has 0 saturated carbocycles. The van der Waals surface area contributed by atoms with Crippen LogP contribution in [0.3, 0.4) is 0 Å². The summed E-state index contributed by atoms with van der Waals surface area (Å²) in [5.74, 6) is 0.277. The van der Waals surface area contributed by atoms with Crippen LogP contribution in [0.25, 0.3) is 0 Å². The zero-order chi connectivity index (χ0) is 19.7. The Morgan fingerprint density at radius 2 is 1.93 bits per heavy atom. The maximum absolute atomic E-state index is 12.5. The number of benzene rings is 2. The van der Waals surface area contributed by atoms with Crippen LogP contribution in [-0.4, -0.2) is 16.7 Å². The minimum Gasteiger partial charge on any atom is -0.481 e. The molecule has 0 N–H and O–H groups in total. The van der Waals surface area contributed by atoms with Gasteiger partial charge in [0.1, 0.15) is 17.3 Å². The Hall–Kier alpha value is -3.94. The number of ketones is 1. The van der Waals surface area contributed by atoms with Gasteiger partial charge in [0.25, 0.3) is 5.69 Å². The summed E-state index contributed by atoms with van der Waals surface area (Å²) < 4.78 is 16.4. The molecule has 1 aromatic heterocycles. The fourth-order valence-corrected chi connectivity index (χ4v) is 2.88. The van der Waals surface area contributed by atoms with Crippen molar-refractivity contribution in [3.63, 3.8) is 0 Å². The van der Waals surface area contributed by atoms with Crippen molar-refractivity contribution in [1.29, 1.82) is 0 Å². The van der Waals surface area contributed by atoms with Gasteiger partial charge < -0.3 is 13.9 Å². The zero-order valence-electron chi connectivity index (χ0n) is 14.4. The average molecular weight is 379 g/mol. The van der Waals surface area contributed by atoms with Crippen LogP contribution < -0.4 is 9.47 Å². The van der Waals surface area contributed by atoms with E-state index < -0.39 is 17.0 Å². The van der Waals surface area contributed by atoms with Crippen molar-refractivity contribution in [1.82, 2.24) is 0 Å². The van der Waals surface area contributed by atoms with Crippen molar-refractivity contribution >= 4 is 17.4 Å². The van der Waals surface area contributed by atoms with Crippen LogP contribution in [0.4, 0.5) is 5.69 Å². The Labute approximate surface area is 158 Å². The summed E-state index contributed by atoms with van der Waals surface area (Å²) in [5, 5.41) is 10.7. The van der Waals surface area contributed by atoms with Gasteiger partial charge in [-0.3, -0.25) is 14.9 Å². The molecule has 0 aliphatic carbocycles. The molecule has 0 spiro atoms. The molecule has 8 nitrogen and oxygen atoms in total. The number of hydrogen-bond acceptors (Lipinski definition) is 7. The molecule has 28 heavy (non-hydrogen) atoms. The second-order valence-electron chi connectivity index (χ2n) is 6.10. The third-order valence-electron chi connectivity index (χ3n) is 4.28. The molecular formula is C20H13NO7. The summed E-state index contributed by atoms with van der Waals surface area (Å²) in [4.78, 5) is 34.8. The first-order valence-electron chi connectivity index (χ1n) is 8.35. The summed E-state index contributed by atoms with van der Waals surface area (Å²) in [7, 11) is 0. The number of carbonyl (C=O) groups excluding carboxylic acids is 2. The number of nitrogens with zero attached hydrogens (tertiary/aromatic N) is 1. The van der Waals surface area contributed by atoms with Crippen LogP contribution >= 0.6 is 0 Å². The summed E-state index contributed by atoms with van der Waals surface area (Å²) >= 11 is 0. The summed E-state index contributed by atoms with van der Waals surface area (Å²) in [6.07, 6.45) is 1.13. The molecule has 1 unspecified atom stereocenters. The lowest BCUT2D eigenvalue weighted by Gasteiger charge is -2.24. The number of nitro benzene ring substituents is 1. The van der Waals surface area contributed by atoms with Gasteiger partial charge in [0.15, 0.2) is 11.9 Å². The summed E-state index contributed by atoms with van der Waals surface area (Å²) in [5.41, 5.74) is 0.347. The van der Waals surface area contributed by atoms with Gasteiger partial charge in [-0.15, -0.1) is 0 Å². The number of Topliss-reactive ketones (excluding diaryl/α,β-unsaturated/α-hetero) is 1. The second kappa shape index (κ2) is 6.99. The third kappa shape index (κ3) is 3.35. The topological polar surface area (TPSA) is 109 Å². The standard InChI is InChI=1S/C20H13NO7/c22-16-11-19(18-2-1-9-26-18)28-17-8-7-14(10-15(16)17)27-20(23)12-3-5-13(6-4-12)21(24)25/h1-10,19H,11H2. The van der Waals surface area contributed by atoms with Crippen molar-refractivity contribution in [3.8, 4) is 11.5 Å². The Kier molecular flexibility index (Phi) is 4.36.